The summed E-state index contributed by atoms with van der Waals surface area (Å²) in [6.45, 7) is 0. The molecule has 0 radical (unpaired) electrons. The summed E-state index contributed by atoms with van der Waals surface area (Å²) in [6.07, 6.45) is 0. The van der Waals surface area contributed by atoms with Gasteiger partial charge in [0, 0.05) is 33.1 Å². The number of rotatable bonds is 5. The normalized spacial score (nSPS) is 11.8. The summed E-state index contributed by atoms with van der Waals surface area (Å²) in [5.74, 6) is 0.623. The van der Waals surface area contributed by atoms with Crippen LogP contribution in [0.1, 0.15) is 0 Å². The molecule has 0 bridgehead atoms. The molecule has 0 N–H and O–H groups in total. The molecular formula is C49H30N2O2. The maximum atomic E-state index is 6.55. The van der Waals surface area contributed by atoms with E-state index in [4.69, 9.17) is 13.8 Å². The molecule has 0 amide bonds. The third kappa shape index (κ3) is 4.66. The predicted octanol–water partition coefficient (Wildman–Crippen LogP) is 14.0. The summed E-state index contributed by atoms with van der Waals surface area (Å²) in [5, 5.41) is 8.88. The summed E-state index contributed by atoms with van der Waals surface area (Å²) < 4.78 is 12.9. The van der Waals surface area contributed by atoms with Crippen molar-refractivity contribution < 1.29 is 8.83 Å². The van der Waals surface area contributed by atoms with Crippen LogP contribution in [0, 0.1) is 0 Å². The maximum absolute atomic E-state index is 6.55. The summed E-state index contributed by atoms with van der Waals surface area (Å²) in [5.41, 5.74) is 9.87. The summed E-state index contributed by atoms with van der Waals surface area (Å²) in [6, 6.07) is 63.9. The molecule has 9 aromatic carbocycles. The lowest BCUT2D eigenvalue weighted by Gasteiger charge is -2.27. The number of hydrogen-bond donors (Lipinski definition) is 0. The molecule has 0 aliphatic carbocycles. The number of aromatic nitrogens is 1. The van der Waals surface area contributed by atoms with Crippen molar-refractivity contribution in [3.8, 4) is 22.6 Å². The highest BCUT2D eigenvalue weighted by molar-refractivity contribution is 6.30. The van der Waals surface area contributed by atoms with Crippen LogP contribution in [0.4, 0.5) is 17.1 Å². The molecule has 53 heavy (non-hydrogen) atoms. The zero-order valence-electron chi connectivity index (χ0n) is 28.5. The summed E-state index contributed by atoms with van der Waals surface area (Å²) in [4.78, 5) is 7.49. The van der Waals surface area contributed by atoms with E-state index < -0.39 is 0 Å². The van der Waals surface area contributed by atoms with Gasteiger partial charge in [0.2, 0.25) is 5.89 Å². The molecule has 0 atom stereocenters. The van der Waals surface area contributed by atoms with E-state index in [9.17, 15) is 0 Å². The molecule has 0 saturated heterocycles. The Morgan fingerprint density at radius 1 is 0.396 bits per heavy atom. The largest absolute Gasteiger partial charge is 0.456 e. The molecule has 248 valence electrons. The van der Waals surface area contributed by atoms with Gasteiger partial charge in [-0.1, -0.05) is 127 Å². The van der Waals surface area contributed by atoms with E-state index in [1.165, 1.54) is 11.1 Å². The minimum Gasteiger partial charge on any atom is -0.456 e. The van der Waals surface area contributed by atoms with Crippen LogP contribution in [-0.2, 0) is 0 Å². The highest BCUT2D eigenvalue weighted by Crippen LogP contribution is 2.46. The lowest BCUT2D eigenvalue weighted by atomic mass is 9.94. The Balaban J connectivity index is 1.19. The number of furan rings is 1. The van der Waals surface area contributed by atoms with Gasteiger partial charge in [-0.25, -0.2) is 4.98 Å². The number of fused-ring (bicyclic) bond motifs is 11. The van der Waals surface area contributed by atoms with E-state index in [2.05, 4.69) is 144 Å². The molecule has 0 fully saturated rings. The smallest absolute Gasteiger partial charge is 0.227 e. The Labute approximate surface area is 304 Å². The van der Waals surface area contributed by atoms with Gasteiger partial charge in [0.25, 0.3) is 0 Å². The van der Waals surface area contributed by atoms with Gasteiger partial charge < -0.3 is 13.7 Å². The monoisotopic (exact) mass is 678 g/mol. The van der Waals surface area contributed by atoms with E-state index in [0.29, 0.717) is 5.89 Å². The molecule has 11 aromatic rings. The Hall–Kier alpha value is -7.17. The van der Waals surface area contributed by atoms with Crippen LogP contribution in [0.25, 0.3) is 87.9 Å². The number of anilines is 3. The standard InChI is InChI=1S/C49H30N2O2/c1-3-12-31(13-4-1)32-22-26-35(27-23-32)51(42-19-11-21-44-46(42)39-18-9-10-20-43(39)52-44)36-28-24-33-25-29-40-45(41(33)30-36)37-16-7-8-17-38(37)48-47(40)50-49(53-48)34-14-5-2-6-15-34/h1-30H. The fourth-order valence-corrected chi connectivity index (χ4v) is 8.03. The fourth-order valence-electron chi connectivity index (χ4n) is 8.03. The first-order valence-electron chi connectivity index (χ1n) is 17.9. The Morgan fingerprint density at radius 3 is 1.85 bits per heavy atom. The molecule has 4 nitrogen and oxygen atoms in total. The van der Waals surface area contributed by atoms with Crippen molar-refractivity contribution in [1.82, 2.24) is 4.98 Å². The minimum absolute atomic E-state index is 0.623. The summed E-state index contributed by atoms with van der Waals surface area (Å²) >= 11 is 0. The molecule has 0 aliphatic rings. The van der Waals surface area contributed by atoms with Crippen LogP contribution >= 0.6 is 0 Å². The SMILES string of the molecule is c1ccc(-c2ccc(N(c3ccc4ccc5c6nc(-c7ccccc7)oc6c6ccccc6c5c4c3)c3cccc4oc5ccccc5c34)cc2)cc1. The van der Waals surface area contributed by atoms with Gasteiger partial charge in [-0.15, -0.1) is 0 Å². The molecule has 2 heterocycles. The minimum atomic E-state index is 0.623. The molecule has 0 saturated carbocycles. The third-order valence-electron chi connectivity index (χ3n) is 10.5. The molecule has 0 aliphatic heterocycles. The molecule has 11 rings (SSSR count). The molecule has 0 spiro atoms. The number of hydrogen-bond acceptors (Lipinski definition) is 4. The number of para-hydroxylation sites is 1. The van der Waals surface area contributed by atoms with Crippen molar-refractivity contribution in [2.45, 2.75) is 0 Å². The van der Waals surface area contributed by atoms with Crippen LogP contribution in [0.15, 0.2) is 191 Å². The van der Waals surface area contributed by atoms with Crippen LogP contribution in [0.5, 0.6) is 0 Å². The van der Waals surface area contributed by atoms with Gasteiger partial charge in [0.15, 0.2) is 5.58 Å². The van der Waals surface area contributed by atoms with E-state index >= 15 is 0 Å². The van der Waals surface area contributed by atoms with Crippen molar-refractivity contribution in [2.75, 3.05) is 4.90 Å². The highest BCUT2D eigenvalue weighted by Gasteiger charge is 2.22. The van der Waals surface area contributed by atoms with Crippen LogP contribution in [0.3, 0.4) is 0 Å². The van der Waals surface area contributed by atoms with Crippen LogP contribution in [0.2, 0.25) is 0 Å². The maximum Gasteiger partial charge on any atom is 0.227 e. The third-order valence-corrected chi connectivity index (χ3v) is 10.5. The zero-order valence-corrected chi connectivity index (χ0v) is 28.5. The van der Waals surface area contributed by atoms with Gasteiger partial charge in [0.05, 0.1) is 11.1 Å². The lowest BCUT2D eigenvalue weighted by molar-refractivity contribution is 0.623. The topological polar surface area (TPSA) is 42.4 Å². The van der Waals surface area contributed by atoms with Crippen molar-refractivity contribution in [1.29, 1.82) is 0 Å². The van der Waals surface area contributed by atoms with Gasteiger partial charge in [-0.2, -0.15) is 0 Å². The number of nitrogens with zero attached hydrogens (tertiary/aromatic N) is 2. The Kier molecular flexibility index (Phi) is 6.52. The summed E-state index contributed by atoms with van der Waals surface area (Å²) in [7, 11) is 0. The van der Waals surface area contributed by atoms with Crippen LogP contribution in [-0.4, -0.2) is 4.98 Å². The van der Waals surface area contributed by atoms with E-state index in [1.54, 1.807) is 0 Å². The molecule has 4 heteroatoms. The second-order valence-corrected chi connectivity index (χ2v) is 13.5. The molecule has 0 unspecified atom stereocenters. The Bertz CT molecular complexity index is 3160. The van der Waals surface area contributed by atoms with Crippen molar-refractivity contribution in [3.63, 3.8) is 0 Å². The zero-order chi connectivity index (χ0) is 34.9. The predicted molar refractivity (Wildman–Crippen MR) is 219 cm³/mol. The van der Waals surface area contributed by atoms with Crippen molar-refractivity contribution in [3.05, 3.63) is 182 Å². The average Bonchev–Trinajstić information content (AvgIpc) is 3.85. The van der Waals surface area contributed by atoms with E-state index in [0.717, 1.165) is 88.0 Å². The van der Waals surface area contributed by atoms with Gasteiger partial charge in [-0.3, -0.25) is 0 Å². The van der Waals surface area contributed by atoms with E-state index in [-0.39, 0.29) is 0 Å². The van der Waals surface area contributed by atoms with Gasteiger partial charge in [0.1, 0.15) is 16.7 Å². The van der Waals surface area contributed by atoms with Crippen molar-refractivity contribution in [2.24, 2.45) is 0 Å². The first-order chi connectivity index (χ1) is 26.3. The first-order valence-corrected chi connectivity index (χ1v) is 17.9. The van der Waals surface area contributed by atoms with Gasteiger partial charge in [-0.05, 0) is 87.3 Å². The second-order valence-electron chi connectivity index (χ2n) is 13.5. The first kappa shape index (κ1) is 29.5. The highest BCUT2D eigenvalue weighted by atomic mass is 16.3. The molecular weight excluding hydrogens is 649 g/mol. The Morgan fingerprint density at radius 2 is 1.04 bits per heavy atom. The quantitative estimate of drug-likeness (QED) is 0.170. The average molecular weight is 679 g/mol. The number of oxazole rings is 1. The fraction of sp³-hybridized carbons (Fsp3) is 0. The van der Waals surface area contributed by atoms with Crippen molar-refractivity contribution >= 4 is 82.4 Å². The molecule has 2 aromatic heterocycles. The van der Waals surface area contributed by atoms with Crippen LogP contribution < -0.4 is 4.90 Å². The lowest BCUT2D eigenvalue weighted by Crippen LogP contribution is -2.10. The van der Waals surface area contributed by atoms with Gasteiger partial charge >= 0.3 is 0 Å². The number of benzene rings is 9. The van der Waals surface area contributed by atoms with E-state index in [1.807, 2.05) is 42.5 Å². The second kappa shape index (κ2) is 11.7.